The van der Waals surface area contributed by atoms with Crippen molar-refractivity contribution in [2.24, 2.45) is 17.3 Å². The number of nitrogens with one attached hydrogen (secondary N) is 2. The largest absolute Gasteiger partial charge is 0.258 e. The second kappa shape index (κ2) is 14.1. The predicted molar refractivity (Wildman–Crippen MR) is 132 cm³/mol. The van der Waals surface area contributed by atoms with Crippen molar-refractivity contribution >= 4 is 0 Å². The summed E-state index contributed by atoms with van der Waals surface area (Å²) in [5.74, 6) is 2.02. The fourth-order valence-electron chi connectivity index (χ4n) is 7.11. The Bertz CT molecular complexity index is 436. The van der Waals surface area contributed by atoms with Gasteiger partial charge in [-0.25, -0.2) is 0 Å². The van der Waals surface area contributed by atoms with E-state index in [1.807, 2.05) is 0 Å². The van der Waals surface area contributed by atoms with Crippen molar-refractivity contribution < 1.29 is 0 Å². The Morgan fingerprint density at radius 2 is 1.13 bits per heavy atom. The molecule has 30 heavy (non-hydrogen) atoms. The molecule has 2 heteroatoms. The Balaban J connectivity index is 1.72. The van der Waals surface area contributed by atoms with Crippen molar-refractivity contribution in [2.45, 2.75) is 154 Å². The number of hydrogen-bond acceptors (Lipinski definition) is 2. The minimum Gasteiger partial charge on any atom is -0.258 e. The van der Waals surface area contributed by atoms with Crippen molar-refractivity contribution in [2.75, 3.05) is 6.54 Å². The van der Waals surface area contributed by atoms with Crippen LogP contribution >= 0.6 is 0 Å². The van der Waals surface area contributed by atoms with Crippen LogP contribution in [0.3, 0.4) is 0 Å². The van der Waals surface area contributed by atoms with Gasteiger partial charge in [-0.3, -0.25) is 10.9 Å². The molecule has 0 saturated heterocycles. The van der Waals surface area contributed by atoms with E-state index in [4.69, 9.17) is 0 Å². The first-order chi connectivity index (χ1) is 14.8. The Hall–Kier alpha value is -0.0800. The highest BCUT2D eigenvalue weighted by atomic mass is 15.4. The Morgan fingerprint density at radius 3 is 1.83 bits per heavy atom. The van der Waals surface area contributed by atoms with E-state index in [0.717, 1.165) is 23.8 Å². The lowest BCUT2D eigenvalue weighted by atomic mass is 9.68. The van der Waals surface area contributed by atoms with E-state index in [2.05, 4.69) is 17.8 Å². The summed E-state index contributed by atoms with van der Waals surface area (Å²) in [6, 6.07) is 0.688. The second-order valence-electron chi connectivity index (χ2n) is 11.4. The van der Waals surface area contributed by atoms with Gasteiger partial charge >= 0.3 is 0 Å². The van der Waals surface area contributed by atoms with Gasteiger partial charge in [0.25, 0.3) is 0 Å². The van der Waals surface area contributed by atoms with Gasteiger partial charge in [0.1, 0.15) is 0 Å². The highest BCUT2D eigenvalue weighted by Crippen LogP contribution is 2.46. The van der Waals surface area contributed by atoms with Gasteiger partial charge in [0.15, 0.2) is 0 Å². The summed E-state index contributed by atoms with van der Waals surface area (Å²) in [7, 11) is 0. The molecule has 0 radical (unpaired) electrons. The highest BCUT2D eigenvalue weighted by Gasteiger charge is 2.33. The molecule has 3 fully saturated rings. The Kier molecular flexibility index (Phi) is 11.6. The van der Waals surface area contributed by atoms with Crippen LogP contribution < -0.4 is 10.9 Å². The molecule has 0 spiro atoms. The maximum absolute atomic E-state index is 3.73. The summed E-state index contributed by atoms with van der Waals surface area (Å²) >= 11 is 0. The quantitative estimate of drug-likeness (QED) is 0.354. The maximum atomic E-state index is 3.73. The molecule has 3 aliphatic rings. The van der Waals surface area contributed by atoms with Gasteiger partial charge in [0, 0.05) is 12.6 Å². The summed E-state index contributed by atoms with van der Waals surface area (Å²) in [6.45, 7) is 3.37. The van der Waals surface area contributed by atoms with E-state index in [1.54, 1.807) is 32.1 Å². The van der Waals surface area contributed by atoms with Crippen LogP contribution in [0.15, 0.2) is 0 Å². The van der Waals surface area contributed by atoms with Crippen molar-refractivity contribution in [3.8, 4) is 0 Å². The number of hydrazine groups is 1. The van der Waals surface area contributed by atoms with Gasteiger partial charge in [-0.1, -0.05) is 90.4 Å². The summed E-state index contributed by atoms with van der Waals surface area (Å²) in [5.41, 5.74) is 7.99. The number of hydrogen-bond donors (Lipinski definition) is 2. The molecule has 0 amide bonds. The molecule has 2 N–H and O–H groups in total. The van der Waals surface area contributed by atoms with Crippen molar-refractivity contribution in [1.29, 1.82) is 0 Å². The summed E-state index contributed by atoms with van der Waals surface area (Å²) in [4.78, 5) is 0. The monoisotopic (exact) mass is 418 g/mol. The average molecular weight is 419 g/mol. The molecule has 0 aromatic carbocycles. The molecule has 3 saturated carbocycles. The molecular formula is C28H54N2. The zero-order chi connectivity index (χ0) is 20.9. The summed E-state index contributed by atoms with van der Waals surface area (Å²) in [6.07, 6.45) is 32.7. The van der Waals surface area contributed by atoms with E-state index in [-0.39, 0.29) is 0 Å². The first kappa shape index (κ1) is 24.6. The zero-order valence-electron chi connectivity index (χ0n) is 20.5. The van der Waals surface area contributed by atoms with E-state index < -0.39 is 0 Å². The molecule has 0 aromatic heterocycles. The lowest BCUT2D eigenvalue weighted by Gasteiger charge is -2.38. The van der Waals surface area contributed by atoms with Crippen molar-refractivity contribution in [3.05, 3.63) is 0 Å². The fourth-order valence-corrected chi connectivity index (χ4v) is 7.11. The van der Waals surface area contributed by atoms with Gasteiger partial charge in [0.2, 0.25) is 0 Å². The fraction of sp³-hybridized carbons (Fsp3) is 1.00. The Labute approximate surface area is 189 Å². The lowest BCUT2D eigenvalue weighted by Crippen LogP contribution is -2.41. The second-order valence-corrected chi connectivity index (χ2v) is 11.4. The van der Waals surface area contributed by atoms with Gasteiger partial charge in [-0.05, 0) is 75.0 Å². The van der Waals surface area contributed by atoms with Crippen LogP contribution in [0.4, 0.5) is 0 Å². The molecule has 176 valence electrons. The Morgan fingerprint density at radius 1 is 0.567 bits per heavy atom. The standard InChI is InChI=1S/C28H54N2/c1-2-24-29-30-27-16-10-4-3-5-11-20-28-21-12-6-8-14-25(17-18-27)26(19-23-28)15-9-7-13-22-28/h25-27,29-30H,2-24H2,1H3. The smallest absolute Gasteiger partial charge is 0.0213 e. The average Bonchev–Trinajstić information content (AvgIpc) is 2.86. The molecule has 2 nitrogen and oxygen atoms in total. The molecule has 0 aromatic rings. The molecule has 3 aliphatic carbocycles. The van der Waals surface area contributed by atoms with Gasteiger partial charge < -0.3 is 0 Å². The molecule has 4 atom stereocenters. The van der Waals surface area contributed by atoms with E-state index >= 15 is 0 Å². The third-order valence-corrected chi connectivity index (χ3v) is 9.10. The zero-order valence-corrected chi connectivity index (χ0v) is 20.5. The minimum absolute atomic E-state index is 0.688. The third-order valence-electron chi connectivity index (χ3n) is 9.10. The maximum Gasteiger partial charge on any atom is 0.0213 e. The van der Waals surface area contributed by atoms with Crippen LogP contribution in [0.25, 0.3) is 0 Å². The van der Waals surface area contributed by atoms with E-state index in [9.17, 15) is 0 Å². The topological polar surface area (TPSA) is 24.1 Å². The van der Waals surface area contributed by atoms with E-state index in [0.29, 0.717) is 6.04 Å². The van der Waals surface area contributed by atoms with Crippen LogP contribution in [-0.2, 0) is 0 Å². The van der Waals surface area contributed by atoms with Crippen molar-refractivity contribution in [3.63, 3.8) is 0 Å². The molecule has 0 heterocycles. The van der Waals surface area contributed by atoms with Crippen LogP contribution in [0, 0.1) is 17.3 Å². The number of rotatable bonds is 4. The first-order valence-corrected chi connectivity index (χ1v) is 14.3. The first-order valence-electron chi connectivity index (χ1n) is 14.3. The van der Waals surface area contributed by atoms with Gasteiger partial charge in [0.05, 0.1) is 0 Å². The predicted octanol–water partition coefficient (Wildman–Crippen LogP) is 8.31. The van der Waals surface area contributed by atoms with Gasteiger partial charge in [-0.2, -0.15) is 0 Å². The van der Waals surface area contributed by atoms with Crippen LogP contribution in [0.2, 0.25) is 0 Å². The highest BCUT2D eigenvalue weighted by molar-refractivity contribution is 4.85. The summed E-state index contributed by atoms with van der Waals surface area (Å²) in [5, 5.41) is 0. The molecule has 4 unspecified atom stereocenters. The molecule has 3 bridgehead atoms. The van der Waals surface area contributed by atoms with Crippen molar-refractivity contribution in [1.82, 2.24) is 10.9 Å². The summed E-state index contributed by atoms with van der Waals surface area (Å²) < 4.78 is 0. The normalized spacial score (nSPS) is 35.7. The van der Waals surface area contributed by atoms with Crippen LogP contribution in [0.1, 0.15) is 148 Å². The van der Waals surface area contributed by atoms with Crippen LogP contribution in [0.5, 0.6) is 0 Å². The third kappa shape index (κ3) is 8.45. The van der Waals surface area contributed by atoms with E-state index in [1.165, 1.54) is 109 Å². The molecule has 0 aliphatic heterocycles. The minimum atomic E-state index is 0.688. The molecule has 3 rings (SSSR count). The lowest BCUT2D eigenvalue weighted by molar-refractivity contribution is 0.142. The van der Waals surface area contributed by atoms with Crippen LogP contribution in [-0.4, -0.2) is 12.6 Å². The SMILES string of the molecule is CCCNNC1CCCCCCCC23CCCCCC(CC1)C(CCCCC2)CC3. The van der Waals surface area contributed by atoms with Gasteiger partial charge in [-0.15, -0.1) is 0 Å². The molecular weight excluding hydrogens is 364 g/mol.